The van der Waals surface area contributed by atoms with Gasteiger partial charge in [-0.1, -0.05) is 11.8 Å². The first-order valence-corrected chi connectivity index (χ1v) is 7.10. The standard InChI is InChI=1S/C12H21N5S/c1-10-15-16-11(17(10)4)18-8-6-5-7-12(2,9-13)14-3/h14H,5-8H2,1-4H3. The van der Waals surface area contributed by atoms with Crippen molar-refractivity contribution in [3.05, 3.63) is 5.82 Å². The third kappa shape index (κ3) is 4.00. The van der Waals surface area contributed by atoms with Gasteiger partial charge in [0, 0.05) is 12.8 Å². The number of rotatable bonds is 7. The summed E-state index contributed by atoms with van der Waals surface area (Å²) in [6.07, 6.45) is 2.99. The van der Waals surface area contributed by atoms with Crippen LogP contribution in [0.2, 0.25) is 0 Å². The molecular weight excluding hydrogens is 246 g/mol. The second-order valence-corrected chi connectivity index (χ2v) is 5.65. The summed E-state index contributed by atoms with van der Waals surface area (Å²) in [6.45, 7) is 3.88. The van der Waals surface area contributed by atoms with Gasteiger partial charge in [-0.15, -0.1) is 10.2 Å². The molecule has 18 heavy (non-hydrogen) atoms. The number of thioether (sulfide) groups is 1. The highest BCUT2D eigenvalue weighted by Gasteiger charge is 2.19. The first-order valence-electron chi connectivity index (χ1n) is 6.11. The van der Waals surface area contributed by atoms with Gasteiger partial charge in [-0.25, -0.2) is 0 Å². The van der Waals surface area contributed by atoms with Crippen LogP contribution < -0.4 is 5.32 Å². The Bertz CT molecular complexity index is 423. The Balaban J connectivity index is 2.24. The van der Waals surface area contributed by atoms with Gasteiger partial charge in [0.05, 0.1) is 6.07 Å². The van der Waals surface area contributed by atoms with Gasteiger partial charge in [0.2, 0.25) is 0 Å². The van der Waals surface area contributed by atoms with Crippen LogP contribution >= 0.6 is 11.8 Å². The average Bonchev–Trinajstić information content (AvgIpc) is 2.70. The van der Waals surface area contributed by atoms with E-state index in [1.54, 1.807) is 11.8 Å². The maximum absolute atomic E-state index is 9.02. The molecular formula is C12H21N5S. The zero-order valence-electron chi connectivity index (χ0n) is 11.5. The summed E-state index contributed by atoms with van der Waals surface area (Å²) in [6, 6.07) is 2.30. The number of nitrogens with zero attached hydrogens (tertiary/aromatic N) is 4. The second kappa shape index (κ2) is 6.76. The molecule has 1 aromatic rings. The molecule has 6 heteroatoms. The molecule has 0 saturated carbocycles. The van der Waals surface area contributed by atoms with Crippen molar-refractivity contribution < 1.29 is 0 Å². The van der Waals surface area contributed by atoms with Crippen molar-refractivity contribution in [1.29, 1.82) is 5.26 Å². The molecule has 0 aliphatic rings. The lowest BCUT2D eigenvalue weighted by Gasteiger charge is -2.20. The lowest BCUT2D eigenvalue weighted by molar-refractivity contribution is 0.439. The smallest absolute Gasteiger partial charge is 0.190 e. The number of aromatic nitrogens is 3. The Morgan fingerprint density at radius 3 is 2.67 bits per heavy atom. The van der Waals surface area contributed by atoms with Crippen LogP contribution in [0.15, 0.2) is 5.16 Å². The quantitative estimate of drug-likeness (QED) is 0.603. The van der Waals surface area contributed by atoms with Crippen molar-refractivity contribution in [3.8, 4) is 6.07 Å². The average molecular weight is 267 g/mol. The predicted molar refractivity (Wildman–Crippen MR) is 73.4 cm³/mol. The van der Waals surface area contributed by atoms with Gasteiger partial charge in [0.15, 0.2) is 5.16 Å². The SMILES string of the molecule is CNC(C)(C#N)CCCCSc1nnc(C)n1C. The Morgan fingerprint density at radius 2 is 2.17 bits per heavy atom. The van der Waals surface area contributed by atoms with Crippen molar-refractivity contribution in [2.45, 2.75) is 43.8 Å². The molecule has 1 unspecified atom stereocenters. The molecule has 1 heterocycles. The number of aryl methyl sites for hydroxylation is 1. The molecule has 5 nitrogen and oxygen atoms in total. The molecule has 0 bridgehead atoms. The first-order chi connectivity index (χ1) is 8.52. The number of unbranched alkanes of at least 4 members (excludes halogenated alkanes) is 1. The van der Waals surface area contributed by atoms with Gasteiger partial charge < -0.3 is 9.88 Å². The summed E-state index contributed by atoms with van der Waals surface area (Å²) >= 11 is 1.72. The Hall–Kier alpha value is -1.06. The minimum absolute atomic E-state index is 0.397. The molecule has 1 aromatic heterocycles. The van der Waals surface area contributed by atoms with Gasteiger partial charge in [-0.3, -0.25) is 0 Å². The molecule has 0 aromatic carbocycles. The molecule has 0 radical (unpaired) electrons. The Kier molecular flexibility index (Phi) is 5.63. The lowest BCUT2D eigenvalue weighted by Crippen LogP contribution is -2.37. The molecule has 0 amide bonds. The number of hydrogen-bond acceptors (Lipinski definition) is 5. The van der Waals surface area contributed by atoms with E-state index in [0.717, 1.165) is 36.0 Å². The van der Waals surface area contributed by atoms with Crippen molar-refractivity contribution in [2.75, 3.05) is 12.8 Å². The molecule has 1 atom stereocenters. The molecule has 100 valence electrons. The number of nitriles is 1. The van der Waals surface area contributed by atoms with E-state index >= 15 is 0 Å². The minimum Gasteiger partial charge on any atom is -0.309 e. The first kappa shape index (κ1) is 15.0. The van der Waals surface area contributed by atoms with Gasteiger partial charge in [0.25, 0.3) is 0 Å². The van der Waals surface area contributed by atoms with Crippen molar-refractivity contribution in [2.24, 2.45) is 7.05 Å². The molecule has 0 fully saturated rings. The van der Waals surface area contributed by atoms with Gasteiger partial charge >= 0.3 is 0 Å². The van der Waals surface area contributed by atoms with Crippen molar-refractivity contribution in [1.82, 2.24) is 20.1 Å². The fourth-order valence-corrected chi connectivity index (χ4v) is 2.45. The van der Waals surface area contributed by atoms with E-state index in [9.17, 15) is 0 Å². The largest absolute Gasteiger partial charge is 0.309 e. The fraction of sp³-hybridized carbons (Fsp3) is 0.750. The van der Waals surface area contributed by atoms with E-state index in [1.807, 2.05) is 32.5 Å². The number of hydrogen-bond donors (Lipinski definition) is 1. The van der Waals surface area contributed by atoms with Crippen molar-refractivity contribution >= 4 is 11.8 Å². The zero-order valence-corrected chi connectivity index (χ0v) is 12.3. The highest BCUT2D eigenvalue weighted by Crippen LogP contribution is 2.19. The number of nitrogens with one attached hydrogen (secondary N) is 1. The summed E-state index contributed by atoms with van der Waals surface area (Å²) in [5.74, 6) is 1.95. The van der Waals surface area contributed by atoms with E-state index in [1.165, 1.54) is 0 Å². The Morgan fingerprint density at radius 1 is 1.44 bits per heavy atom. The lowest BCUT2D eigenvalue weighted by atomic mass is 9.97. The molecule has 1 rings (SSSR count). The zero-order chi connectivity index (χ0) is 13.6. The van der Waals surface area contributed by atoms with Gasteiger partial charge in [-0.05, 0) is 40.2 Å². The summed E-state index contributed by atoms with van der Waals surface area (Å²) in [5.41, 5.74) is -0.397. The van der Waals surface area contributed by atoms with E-state index in [-0.39, 0.29) is 0 Å². The molecule has 0 spiro atoms. The maximum Gasteiger partial charge on any atom is 0.190 e. The summed E-state index contributed by atoms with van der Waals surface area (Å²) in [7, 11) is 3.81. The summed E-state index contributed by atoms with van der Waals surface area (Å²) < 4.78 is 2.00. The van der Waals surface area contributed by atoms with E-state index in [4.69, 9.17) is 5.26 Å². The summed E-state index contributed by atoms with van der Waals surface area (Å²) in [4.78, 5) is 0. The van der Waals surface area contributed by atoms with Crippen LogP contribution in [0.1, 0.15) is 32.0 Å². The van der Waals surface area contributed by atoms with E-state index in [0.29, 0.717) is 0 Å². The second-order valence-electron chi connectivity index (χ2n) is 4.59. The topological polar surface area (TPSA) is 66.5 Å². The van der Waals surface area contributed by atoms with E-state index < -0.39 is 5.54 Å². The van der Waals surface area contributed by atoms with Crippen LogP contribution in [0, 0.1) is 18.3 Å². The minimum atomic E-state index is -0.397. The molecule has 1 N–H and O–H groups in total. The summed E-state index contributed by atoms with van der Waals surface area (Å²) in [5, 5.41) is 21.2. The van der Waals surface area contributed by atoms with Crippen molar-refractivity contribution in [3.63, 3.8) is 0 Å². The fourth-order valence-electron chi connectivity index (χ4n) is 1.49. The Labute approximate surface area is 113 Å². The van der Waals surface area contributed by atoms with Crippen LogP contribution in [0.4, 0.5) is 0 Å². The van der Waals surface area contributed by atoms with Crippen LogP contribution in [0.5, 0.6) is 0 Å². The predicted octanol–water partition coefficient (Wildman–Crippen LogP) is 1.89. The van der Waals surface area contributed by atoms with Crippen LogP contribution in [0.25, 0.3) is 0 Å². The van der Waals surface area contributed by atoms with Crippen LogP contribution in [0.3, 0.4) is 0 Å². The normalized spacial score (nSPS) is 14.2. The van der Waals surface area contributed by atoms with Gasteiger partial charge in [0.1, 0.15) is 11.4 Å². The van der Waals surface area contributed by atoms with E-state index in [2.05, 4.69) is 21.6 Å². The third-order valence-electron chi connectivity index (χ3n) is 3.15. The molecule has 0 aliphatic heterocycles. The maximum atomic E-state index is 9.02. The van der Waals surface area contributed by atoms with Crippen LogP contribution in [-0.4, -0.2) is 33.1 Å². The van der Waals surface area contributed by atoms with Crippen LogP contribution in [-0.2, 0) is 7.05 Å². The molecule has 0 saturated heterocycles. The van der Waals surface area contributed by atoms with Gasteiger partial charge in [-0.2, -0.15) is 5.26 Å². The molecule has 0 aliphatic carbocycles. The monoisotopic (exact) mass is 267 g/mol. The highest BCUT2D eigenvalue weighted by molar-refractivity contribution is 7.99. The highest BCUT2D eigenvalue weighted by atomic mass is 32.2. The third-order valence-corrected chi connectivity index (χ3v) is 4.26.